The lowest BCUT2D eigenvalue weighted by Gasteiger charge is -2.33. The number of likely N-dealkylation sites (N-methyl/N-ethyl adjacent to an activating group) is 1. The van der Waals surface area contributed by atoms with Gasteiger partial charge in [-0.3, -0.25) is 4.90 Å². The molecule has 0 radical (unpaired) electrons. The van der Waals surface area contributed by atoms with Crippen molar-refractivity contribution < 1.29 is 0 Å². The first kappa shape index (κ1) is 13.6. The number of rotatable bonds is 3. The maximum atomic E-state index is 2.52. The van der Waals surface area contributed by atoms with Crippen LogP contribution in [0.2, 0.25) is 0 Å². The van der Waals surface area contributed by atoms with Crippen molar-refractivity contribution in [2.75, 3.05) is 7.05 Å². The van der Waals surface area contributed by atoms with Gasteiger partial charge in [-0.1, -0.05) is 48.5 Å². The topological polar surface area (TPSA) is 8.17 Å². The standard InChI is InChI=1S/C20H22N2/c1-21(14-16-7-3-2-4-8-16)19-12-11-18-13-17-9-5-6-10-20(17)22(18)15-19/h2-10,13,19H,11-12,14-15H2,1H3. The molecular weight excluding hydrogens is 268 g/mol. The van der Waals surface area contributed by atoms with E-state index < -0.39 is 0 Å². The van der Waals surface area contributed by atoms with Crippen LogP contribution < -0.4 is 0 Å². The highest BCUT2D eigenvalue weighted by molar-refractivity contribution is 5.81. The normalized spacial score (nSPS) is 17.8. The van der Waals surface area contributed by atoms with E-state index in [1.165, 1.54) is 35.0 Å². The number of hydrogen-bond acceptors (Lipinski definition) is 1. The van der Waals surface area contributed by atoms with Crippen molar-refractivity contribution in [1.82, 2.24) is 9.47 Å². The van der Waals surface area contributed by atoms with Gasteiger partial charge in [0.05, 0.1) is 0 Å². The number of aryl methyl sites for hydroxylation is 1. The van der Waals surface area contributed by atoms with E-state index in [0.29, 0.717) is 6.04 Å². The highest BCUT2D eigenvalue weighted by Gasteiger charge is 2.23. The lowest BCUT2D eigenvalue weighted by molar-refractivity contribution is 0.188. The Morgan fingerprint density at radius 1 is 1.05 bits per heavy atom. The number of fused-ring (bicyclic) bond motifs is 3. The summed E-state index contributed by atoms with van der Waals surface area (Å²) < 4.78 is 2.52. The fraction of sp³-hybridized carbons (Fsp3) is 0.300. The van der Waals surface area contributed by atoms with Crippen LogP contribution >= 0.6 is 0 Å². The van der Waals surface area contributed by atoms with Gasteiger partial charge < -0.3 is 4.57 Å². The van der Waals surface area contributed by atoms with Crippen LogP contribution in [-0.2, 0) is 19.5 Å². The summed E-state index contributed by atoms with van der Waals surface area (Å²) in [5, 5.41) is 1.38. The summed E-state index contributed by atoms with van der Waals surface area (Å²) in [6.07, 6.45) is 2.43. The quantitative estimate of drug-likeness (QED) is 0.705. The molecule has 1 aliphatic rings. The Labute approximate surface area is 132 Å². The Morgan fingerprint density at radius 3 is 2.68 bits per heavy atom. The molecule has 2 heteroatoms. The summed E-state index contributed by atoms with van der Waals surface area (Å²) in [4.78, 5) is 2.51. The van der Waals surface area contributed by atoms with Crippen LogP contribution in [0.3, 0.4) is 0 Å². The second-order valence-corrected chi connectivity index (χ2v) is 6.40. The van der Waals surface area contributed by atoms with E-state index in [9.17, 15) is 0 Å². The van der Waals surface area contributed by atoms with Crippen LogP contribution in [0.4, 0.5) is 0 Å². The second kappa shape index (κ2) is 5.62. The Balaban J connectivity index is 1.56. The lowest BCUT2D eigenvalue weighted by atomic mass is 10.0. The van der Waals surface area contributed by atoms with Crippen LogP contribution in [0.1, 0.15) is 17.7 Å². The smallest absolute Gasteiger partial charge is 0.0483 e. The van der Waals surface area contributed by atoms with Crippen molar-refractivity contribution in [2.24, 2.45) is 0 Å². The van der Waals surface area contributed by atoms with Crippen molar-refractivity contribution in [3.05, 3.63) is 71.9 Å². The minimum absolute atomic E-state index is 0.614. The number of aromatic nitrogens is 1. The molecule has 0 N–H and O–H groups in total. The second-order valence-electron chi connectivity index (χ2n) is 6.40. The maximum absolute atomic E-state index is 2.52. The molecule has 0 saturated carbocycles. The lowest BCUT2D eigenvalue weighted by Crippen LogP contribution is -2.38. The molecule has 1 aliphatic heterocycles. The molecule has 0 saturated heterocycles. The Bertz CT molecular complexity index is 773. The van der Waals surface area contributed by atoms with Crippen molar-refractivity contribution in [3.63, 3.8) is 0 Å². The Hall–Kier alpha value is -2.06. The molecule has 0 amide bonds. The summed E-state index contributed by atoms with van der Waals surface area (Å²) in [7, 11) is 2.26. The highest BCUT2D eigenvalue weighted by Crippen LogP contribution is 2.27. The van der Waals surface area contributed by atoms with Gasteiger partial charge in [0.1, 0.15) is 0 Å². The summed E-state index contributed by atoms with van der Waals surface area (Å²) in [6, 6.07) is 22.5. The van der Waals surface area contributed by atoms with E-state index in [1.807, 2.05) is 0 Å². The van der Waals surface area contributed by atoms with Gasteiger partial charge in [-0.05, 0) is 43.0 Å². The molecule has 3 aromatic rings. The number of para-hydroxylation sites is 1. The molecule has 2 heterocycles. The van der Waals surface area contributed by atoms with E-state index in [0.717, 1.165) is 13.1 Å². The summed E-state index contributed by atoms with van der Waals surface area (Å²) in [5.74, 6) is 0. The van der Waals surface area contributed by atoms with Gasteiger partial charge in [-0.25, -0.2) is 0 Å². The summed E-state index contributed by atoms with van der Waals surface area (Å²) in [5.41, 5.74) is 4.27. The van der Waals surface area contributed by atoms with E-state index in [-0.39, 0.29) is 0 Å². The van der Waals surface area contributed by atoms with Crippen molar-refractivity contribution in [2.45, 2.75) is 32.0 Å². The Kier molecular flexibility index (Phi) is 3.47. The van der Waals surface area contributed by atoms with Crippen LogP contribution in [0.15, 0.2) is 60.7 Å². The first-order valence-corrected chi connectivity index (χ1v) is 8.12. The fourth-order valence-electron chi connectivity index (χ4n) is 3.67. The van der Waals surface area contributed by atoms with E-state index in [1.54, 1.807) is 0 Å². The molecule has 4 rings (SSSR count). The predicted octanol–water partition coefficient (Wildman–Crippen LogP) is 4.09. The molecule has 0 bridgehead atoms. The Morgan fingerprint density at radius 2 is 1.82 bits per heavy atom. The molecule has 0 aliphatic carbocycles. The van der Waals surface area contributed by atoms with Crippen LogP contribution in [0, 0.1) is 0 Å². The summed E-state index contributed by atoms with van der Waals surface area (Å²) >= 11 is 0. The summed E-state index contributed by atoms with van der Waals surface area (Å²) in [6.45, 7) is 2.13. The van der Waals surface area contributed by atoms with Gasteiger partial charge in [0, 0.05) is 30.3 Å². The minimum Gasteiger partial charge on any atom is -0.343 e. The maximum Gasteiger partial charge on any atom is 0.0483 e. The average Bonchev–Trinajstić information content (AvgIpc) is 2.93. The zero-order chi connectivity index (χ0) is 14.9. The first-order chi connectivity index (χ1) is 10.8. The number of nitrogens with zero attached hydrogens (tertiary/aromatic N) is 2. The van der Waals surface area contributed by atoms with E-state index in [2.05, 4.69) is 77.2 Å². The van der Waals surface area contributed by atoms with Crippen LogP contribution in [-0.4, -0.2) is 22.6 Å². The monoisotopic (exact) mass is 290 g/mol. The van der Waals surface area contributed by atoms with Gasteiger partial charge in [-0.15, -0.1) is 0 Å². The SMILES string of the molecule is CN(Cc1ccccc1)C1CCc2cc3ccccc3n2C1. The third kappa shape index (κ3) is 2.44. The molecule has 22 heavy (non-hydrogen) atoms. The molecule has 1 aromatic heterocycles. The molecular formula is C20H22N2. The number of hydrogen-bond donors (Lipinski definition) is 0. The molecule has 0 fully saturated rings. The average molecular weight is 290 g/mol. The molecule has 1 unspecified atom stereocenters. The first-order valence-electron chi connectivity index (χ1n) is 8.12. The molecule has 2 nitrogen and oxygen atoms in total. The van der Waals surface area contributed by atoms with Gasteiger partial charge in [0.2, 0.25) is 0 Å². The fourth-order valence-corrected chi connectivity index (χ4v) is 3.67. The van der Waals surface area contributed by atoms with Crippen molar-refractivity contribution >= 4 is 10.9 Å². The third-order valence-electron chi connectivity index (χ3n) is 4.92. The van der Waals surface area contributed by atoms with Crippen molar-refractivity contribution in [1.29, 1.82) is 0 Å². The van der Waals surface area contributed by atoms with Gasteiger partial charge in [-0.2, -0.15) is 0 Å². The van der Waals surface area contributed by atoms with E-state index >= 15 is 0 Å². The molecule has 1 atom stereocenters. The predicted molar refractivity (Wildman–Crippen MR) is 92.0 cm³/mol. The van der Waals surface area contributed by atoms with Gasteiger partial charge in [0.15, 0.2) is 0 Å². The zero-order valence-electron chi connectivity index (χ0n) is 13.1. The van der Waals surface area contributed by atoms with Crippen LogP contribution in [0.5, 0.6) is 0 Å². The molecule has 112 valence electrons. The van der Waals surface area contributed by atoms with Crippen LogP contribution in [0.25, 0.3) is 10.9 Å². The van der Waals surface area contributed by atoms with Crippen molar-refractivity contribution in [3.8, 4) is 0 Å². The van der Waals surface area contributed by atoms with Gasteiger partial charge in [0.25, 0.3) is 0 Å². The third-order valence-corrected chi connectivity index (χ3v) is 4.92. The number of benzene rings is 2. The minimum atomic E-state index is 0.614. The van der Waals surface area contributed by atoms with Gasteiger partial charge >= 0.3 is 0 Å². The zero-order valence-corrected chi connectivity index (χ0v) is 13.1. The van der Waals surface area contributed by atoms with E-state index in [4.69, 9.17) is 0 Å². The highest BCUT2D eigenvalue weighted by atomic mass is 15.2. The molecule has 2 aromatic carbocycles. The molecule has 0 spiro atoms. The largest absolute Gasteiger partial charge is 0.343 e.